The maximum Gasteiger partial charge on any atom is 0.236 e. The first-order chi connectivity index (χ1) is 11.7. The van der Waals surface area contributed by atoms with Gasteiger partial charge >= 0.3 is 0 Å². The van der Waals surface area contributed by atoms with Crippen molar-refractivity contribution in [3.05, 3.63) is 0 Å². The molecule has 1 saturated carbocycles. The van der Waals surface area contributed by atoms with E-state index in [2.05, 4.69) is 17.0 Å². The lowest BCUT2D eigenvalue weighted by atomic mass is 9.80. The van der Waals surface area contributed by atoms with Crippen molar-refractivity contribution < 1.29 is 9.90 Å². The first-order valence-electron chi connectivity index (χ1n) is 9.11. The van der Waals surface area contributed by atoms with Gasteiger partial charge in [0.25, 0.3) is 0 Å². The number of nitriles is 2. The highest BCUT2D eigenvalue weighted by molar-refractivity contribution is 5.78. The Balaban J connectivity index is 1.94. The highest BCUT2D eigenvalue weighted by atomic mass is 16.3. The topological polar surface area (TPSA) is 91.4 Å². The van der Waals surface area contributed by atoms with Gasteiger partial charge < -0.3 is 10.0 Å². The van der Waals surface area contributed by atoms with E-state index >= 15 is 0 Å². The normalized spacial score (nSPS) is 27.4. The van der Waals surface area contributed by atoms with Crippen LogP contribution in [0.1, 0.15) is 51.4 Å². The van der Waals surface area contributed by atoms with Crippen LogP contribution in [0.5, 0.6) is 0 Å². The smallest absolute Gasteiger partial charge is 0.236 e. The van der Waals surface area contributed by atoms with Crippen molar-refractivity contribution in [3.8, 4) is 12.1 Å². The van der Waals surface area contributed by atoms with E-state index in [0.29, 0.717) is 32.5 Å². The van der Waals surface area contributed by atoms with E-state index in [1.807, 2.05) is 0 Å². The molecule has 1 N–H and O–H groups in total. The third-order valence-corrected chi connectivity index (χ3v) is 5.37. The van der Waals surface area contributed by atoms with Gasteiger partial charge in [-0.25, -0.2) is 0 Å². The SMILES string of the molecule is N#CCCN(CCC#N)C(=O)CN1CCC[C@@H]1[C@@H]1CCCC[C@H]1O. The fraction of sp³-hybridized carbons (Fsp3) is 0.833. The van der Waals surface area contributed by atoms with Crippen molar-refractivity contribution in [3.63, 3.8) is 0 Å². The number of carbonyl (C=O) groups is 1. The minimum atomic E-state index is -0.243. The summed E-state index contributed by atoms with van der Waals surface area (Å²) in [4.78, 5) is 16.5. The number of aliphatic hydroxyl groups is 1. The zero-order valence-electron chi connectivity index (χ0n) is 14.4. The number of hydrogen-bond donors (Lipinski definition) is 1. The number of hydrogen-bond acceptors (Lipinski definition) is 5. The Labute approximate surface area is 144 Å². The second-order valence-corrected chi connectivity index (χ2v) is 6.89. The van der Waals surface area contributed by atoms with Gasteiger partial charge in [-0.2, -0.15) is 10.5 Å². The second kappa shape index (κ2) is 9.61. The van der Waals surface area contributed by atoms with E-state index in [1.165, 1.54) is 0 Å². The van der Waals surface area contributed by atoms with Crippen molar-refractivity contribution in [2.75, 3.05) is 26.2 Å². The summed E-state index contributed by atoms with van der Waals surface area (Å²) in [6.07, 6.45) is 6.64. The average molecular weight is 332 g/mol. The van der Waals surface area contributed by atoms with E-state index < -0.39 is 0 Å². The second-order valence-electron chi connectivity index (χ2n) is 6.89. The number of amides is 1. The van der Waals surface area contributed by atoms with E-state index in [4.69, 9.17) is 10.5 Å². The Morgan fingerprint density at radius 2 is 1.75 bits per heavy atom. The Hall–Kier alpha value is -1.63. The molecule has 0 radical (unpaired) electrons. The molecule has 0 spiro atoms. The van der Waals surface area contributed by atoms with Gasteiger partial charge in [-0.1, -0.05) is 12.8 Å². The molecular formula is C18H28N4O2. The Morgan fingerprint density at radius 3 is 2.38 bits per heavy atom. The monoisotopic (exact) mass is 332 g/mol. The molecule has 1 aliphatic carbocycles. The van der Waals surface area contributed by atoms with Crippen LogP contribution in [0, 0.1) is 28.6 Å². The predicted octanol–water partition coefficient (Wildman–Crippen LogP) is 1.66. The highest BCUT2D eigenvalue weighted by Gasteiger charge is 2.37. The van der Waals surface area contributed by atoms with Crippen molar-refractivity contribution in [1.82, 2.24) is 9.80 Å². The van der Waals surface area contributed by atoms with Crippen LogP contribution in [0.2, 0.25) is 0 Å². The zero-order valence-corrected chi connectivity index (χ0v) is 14.4. The lowest BCUT2D eigenvalue weighted by Gasteiger charge is -2.37. The lowest BCUT2D eigenvalue weighted by molar-refractivity contribution is -0.133. The van der Waals surface area contributed by atoms with Gasteiger partial charge in [-0.3, -0.25) is 9.69 Å². The molecule has 2 fully saturated rings. The maximum atomic E-state index is 12.6. The minimum absolute atomic E-state index is 0.00213. The predicted molar refractivity (Wildman–Crippen MR) is 89.6 cm³/mol. The Bertz CT molecular complexity index is 478. The molecule has 0 aromatic heterocycles. The van der Waals surface area contributed by atoms with Crippen molar-refractivity contribution in [2.24, 2.45) is 5.92 Å². The molecule has 0 unspecified atom stereocenters. The highest BCUT2D eigenvalue weighted by Crippen LogP contribution is 2.34. The summed E-state index contributed by atoms with van der Waals surface area (Å²) in [7, 11) is 0. The van der Waals surface area contributed by atoms with Gasteiger partial charge in [-0.05, 0) is 32.2 Å². The molecule has 0 aromatic carbocycles. The molecule has 132 valence electrons. The Kier molecular flexibility index (Phi) is 7.49. The van der Waals surface area contributed by atoms with Crippen LogP contribution in [-0.4, -0.2) is 59.1 Å². The van der Waals surface area contributed by atoms with Gasteiger partial charge in [0.2, 0.25) is 5.91 Å². The molecule has 0 aromatic rings. The zero-order chi connectivity index (χ0) is 17.4. The van der Waals surface area contributed by atoms with Crippen LogP contribution in [0.15, 0.2) is 0 Å². The van der Waals surface area contributed by atoms with Crippen LogP contribution in [0.25, 0.3) is 0 Å². The number of nitrogens with zero attached hydrogens (tertiary/aromatic N) is 4. The van der Waals surface area contributed by atoms with E-state index in [-0.39, 0.29) is 24.0 Å². The minimum Gasteiger partial charge on any atom is -0.393 e. The molecule has 6 heteroatoms. The van der Waals surface area contributed by atoms with E-state index in [1.54, 1.807) is 4.90 Å². The van der Waals surface area contributed by atoms with Crippen LogP contribution >= 0.6 is 0 Å². The molecule has 1 saturated heterocycles. The summed E-state index contributed by atoms with van der Waals surface area (Å²) in [5.41, 5.74) is 0. The summed E-state index contributed by atoms with van der Waals surface area (Å²) >= 11 is 0. The standard InChI is InChI=1S/C18H28N4O2/c19-9-4-12-21(13-5-10-20)18(24)14-22-11-3-7-16(22)15-6-1-2-8-17(15)23/h15-17,23H,1-8,11-14H2/t15-,16+,17+/m0/s1. The summed E-state index contributed by atoms with van der Waals surface area (Å²) < 4.78 is 0. The molecule has 6 nitrogen and oxygen atoms in total. The lowest BCUT2D eigenvalue weighted by Crippen LogP contribution is -2.47. The van der Waals surface area contributed by atoms with E-state index in [9.17, 15) is 9.90 Å². The van der Waals surface area contributed by atoms with Gasteiger partial charge in [0.05, 0.1) is 37.6 Å². The summed E-state index contributed by atoms with van der Waals surface area (Å²) in [5.74, 6) is 0.276. The third kappa shape index (κ3) is 4.93. The quantitative estimate of drug-likeness (QED) is 0.765. The average Bonchev–Trinajstić information content (AvgIpc) is 3.03. The van der Waals surface area contributed by atoms with Crippen molar-refractivity contribution in [2.45, 2.75) is 63.5 Å². The first-order valence-corrected chi connectivity index (χ1v) is 9.11. The largest absolute Gasteiger partial charge is 0.393 e. The number of carbonyl (C=O) groups excluding carboxylic acids is 1. The number of aliphatic hydroxyl groups excluding tert-OH is 1. The first kappa shape index (κ1) is 18.7. The van der Waals surface area contributed by atoms with Gasteiger partial charge in [0, 0.05) is 25.0 Å². The molecule has 1 heterocycles. The van der Waals surface area contributed by atoms with Crippen molar-refractivity contribution >= 4 is 5.91 Å². The van der Waals surface area contributed by atoms with Crippen LogP contribution in [0.4, 0.5) is 0 Å². The maximum absolute atomic E-state index is 12.6. The molecule has 24 heavy (non-hydrogen) atoms. The molecule has 2 aliphatic rings. The van der Waals surface area contributed by atoms with Gasteiger partial charge in [0.15, 0.2) is 0 Å². The molecular weight excluding hydrogens is 304 g/mol. The van der Waals surface area contributed by atoms with Crippen LogP contribution < -0.4 is 0 Å². The van der Waals surface area contributed by atoms with Crippen molar-refractivity contribution in [1.29, 1.82) is 10.5 Å². The molecule has 3 atom stereocenters. The van der Waals surface area contributed by atoms with Crippen LogP contribution in [0.3, 0.4) is 0 Å². The van der Waals surface area contributed by atoms with E-state index in [0.717, 1.165) is 45.1 Å². The fourth-order valence-electron chi connectivity index (χ4n) is 4.13. The molecule has 0 bridgehead atoms. The summed E-state index contributed by atoms with van der Waals surface area (Å²) in [6, 6.07) is 4.42. The Morgan fingerprint density at radius 1 is 1.08 bits per heavy atom. The number of likely N-dealkylation sites (tertiary alicyclic amines) is 1. The molecule has 1 amide bonds. The fourth-order valence-corrected chi connectivity index (χ4v) is 4.13. The van der Waals surface area contributed by atoms with Gasteiger partial charge in [0.1, 0.15) is 0 Å². The molecule has 1 aliphatic heterocycles. The number of rotatable bonds is 7. The van der Waals surface area contributed by atoms with Gasteiger partial charge in [-0.15, -0.1) is 0 Å². The summed E-state index contributed by atoms with van der Waals surface area (Å²) in [6.45, 7) is 2.01. The summed E-state index contributed by atoms with van der Waals surface area (Å²) in [5, 5.41) is 27.8. The van der Waals surface area contributed by atoms with Crippen LogP contribution in [-0.2, 0) is 4.79 Å². The third-order valence-electron chi connectivity index (χ3n) is 5.37. The molecule has 2 rings (SSSR count).